The van der Waals surface area contributed by atoms with Gasteiger partial charge in [0.1, 0.15) is 17.8 Å². The minimum atomic E-state index is -1.08. The molecule has 0 fully saturated rings. The number of benzene rings is 2. The molecule has 2 aromatic carbocycles. The molecule has 2 heterocycles. The van der Waals surface area contributed by atoms with Gasteiger partial charge in [-0.25, -0.2) is 14.8 Å². The summed E-state index contributed by atoms with van der Waals surface area (Å²) in [7, 11) is 0. The predicted molar refractivity (Wildman–Crippen MR) is 127 cm³/mol. The summed E-state index contributed by atoms with van der Waals surface area (Å²) in [4.78, 5) is 36.4. The third kappa shape index (κ3) is 5.60. The first-order valence-corrected chi connectivity index (χ1v) is 10.6. The number of nitrogens with one attached hydrogen (secondary N) is 1. The van der Waals surface area contributed by atoms with Crippen LogP contribution < -0.4 is 10.1 Å². The average molecular weight is 454 g/mol. The number of amides is 1. The molecule has 34 heavy (non-hydrogen) atoms. The zero-order valence-corrected chi connectivity index (χ0v) is 18.4. The molecule has 1 amide bonds. The van der Waals surface area contributed by atoms with Crippen LogP contribution in [0.3, 0.4) is 0 Å². The van der Waals surface area contributed by atoms with Crippen LogP contribution in [0.15, 0.2) is 79.3 Å². The van der Waals surface area contributed by atoms with E-state index in [1.54, 1.807) is 31.2 Å². The second-order valence-corrected chi connectivity index (χ2v) is 7.51. The van der Waals surface area contributed by atoms with Gasteiger partial charge in [-0.2, -0.15) is 0 Å². The first-order chi connectivity index (χ1) is 16.5. The summed E-state index contributed by atoms with van der Waals surface area (Å²) in [5.41, 5.74) is 3.30. The SMILES string of the molecule is Cc1ncc(-c2cc(C(=O)Nc3ccc(OCCc4ccccc4)cc3)ncn2)cc1C(=O)O. The van der Waals surface area contributed by atoms with Crippen molar-refractivity contribution in [2.24, 2.45) is 0 Å². The maximum atomic E-state index is 12.7. The Morgan fingerprint density at radius 3 is 2.47 bits per heavy atom. The van der Waals surface area contributed by atoms with E-state index in [1.165, 1.54) is 30.2 Å². The Labute approximate surface area is 196 Å². The molecule has 0 spiro atoms. The lowest BCUT2D eigenvalue weighted by Gasteiger charge is -2.09. The number of pyridine rings is 1. The van der Waals surface area contributed by atoms with Crippen molar-refractivity contribution < 1.29 is 19.4 Å². The Balaban J connectivity index is 1.39. The molecule has 0 bridgehead atoms. The van der Waals surface area contributed by atoms with Gasteiger partial charge in [0.25, 0.3) is 5.91 Å². The number of carboxylic acids is 1. The molecule has 0 aliphatic carbocycles. The van der Waals surface area contributed by atoms with Crippen LogP contribution in [0.2, 0.25) is 0 Å². The summed E-state index contributed by atoms with van der Waals surface area (Å²) < 4.78 is 5.77. The van der Waals surface area contributed by atoms with E-state index in [1.807, 2.05) is 18.2 Å². The zero-order valence-electron chi connectivity index (χ0n) is 18.4. The van der Waals surface area contributed by atoms with Crippen molar-refractivity contribution in [2.75, 3.05) is 11.9 Å². The Bertz CT molecular complexity index is 1310. The number of nitrogens with zero attached hydrogens (tertiary/aromatic N) is 3. The molecule has 8 heteroatoms. The molecule has 170 valence electrons. The Kier molecular flexibility index (Phi) is 6.88. The van der Waals surface area contributed by atoms with Gasteiger partial charge in [0, 0.05) is 23.9 Å². The van der Waals surface area contributed by atoms with E-state index in [4.69, 9.17) is 4.74 Å². The molecule has 4 rings (SSSR count). The molecule has 4 aromatic rings. The van der Waals surface area contributed by atoms with Crippen molar-refractivity contribution in [3.05, 3.63) is 102 Å². The molecular formula is C26H22N4O4. The number of aromatic nitrogens is 3. The number of hydrogen-bond acceptors (Lipinski definition) is 6. The van der Waals surface area contributed by atoms with E-state index in [2.05, 4.69) is 32.4 Å². The van der Waals surface area contributed by atoms with Gasteiger partial charge in [-0.1, -0.05) is 30.3 Å². The van der Waals surface area contributed by atoms with Gasteiger partial charge >= 0.3 is 5.97 Å². The molecule has 0 saturated carbocycles. The van der Waals surface area contributed by atoms with E-state index >= 15 is 0 Å². The standard InChI is InChI=1S/C26H22N4O4/c1-17-22(26(32)33)13-19(15-27-17)23-14-24(29-16-28-23)25(31)30-20-7-9-21(10-8-20)34-12-11-18-5-3-2-4-6-18/h2-10,13-16H,11-12H2,1H3,(H,30,31)(H,32,33). The van der Waals surface area contributed by atoms with Crippen LogP contribution in [0, 0.1) is 6.92 Å². The highest BCUT2D eigenvalue weighted by Gasteiger charge is 2.14. The van der Waals surface area contributed by atoms with Gasteiger partial charge in [-0.3, -0.25) is 9.78 Å². The Hall–Kier alpha value is -4.59. The van der Waals surface area contributed by atoms with E-state index in [0.717, 1.165) is 6.42 Å². The number of anilines is 1. The third-order valence-corrected chi connectivity index (χ3v) is 5.13. The molecule has 2 aromatic heterocycles. The van der Waals surface area contributed by atoms with Crippen LogP contribution in [-0.2, 0) is 6.42 Å². The zero-order chi connectivity index (χ0) is 23.9. The van der Waals surface area contributed by atoms with Crippen molar-refractivity contribution >= 4 is 17.6 Å². The lowest BCUT2D eigenvalue weighted by molar-refractivity contribution is 0.0695. The highest BCUT2D eigenvalue weighted by Crippen LogP contribution is 2.21. The molecule has 2 N–H and O–H groups in total. The number of ether oxygens (including phenoxy) is 1. The minimum absolute atomic E-state index is 0.0770. The molecule has 0 radical (unpaired) electrons. The lowest BCUT2D eigenvalue weighted by Crippen LogP contribution is -2.14. The third-order valence-electron chi connectivity index (χ3n) is 5.13. The predicted octanol–water partition coefficient (Wildman–Crippen LogP) is 4.42. The van der Waals surface area contributed by atoms with E-state index < -0.39 is 11.9 Å². The van der Waals surface area contributed by atoms with Crippen molar-refractivity contribution in [3.8, 4) is 17.0 Å². The Morgan fingerprint density at radius 1 is 0.971 bits per heavy atom. The molecule has 0 atom stereocenters. The number of hydrogen-bond donors (Lipinski definition) is 2. The van der Waals surface area contributed by atoms with Crippen molar-refractivity contribution in [3.63, 3.8) is 0 Å². The monoisotopic (exact) mass is 454 g/mol. The molecule has 0 unspecified atom stereocenters. The quantitative estimate of drug-likeness (QED) is 0.405. The summed E-state index contributed by atoms with van der Waals surface area (Å²) in [6.07, 6.45) is 3.58. The molecular weight excluding hydrogens is 432 g/mol. The number of carbonyl (C=O) groups excluding carboxylic acids is 1. The summed E-state index contributed by atoms with van der Waals surface area (Å²) in [6.45, 7) is 2.17. The van der Waals surface area contributed by atoms with Gasteiger partial charge < -0.3 is 15.2 Å². The van der Waals surface area contributed by atoms with E-state index in [9.17, 15) is 14.7 Å². The number of carboxylic acid groups (broad SMARTS) is 1. The lowest BCUT2D eigenvalue weighted by atomic mass is 10.1. The molecule has 0 aliphatic heterocycles. The van der Waals surface area contributed by atoms with Crippen LogP contribution in [0.1, 0.15) is 32.1 Å². The Morgan fingerprint density at radius 2 is 1.74 bits per heavy atom. The highest BCUT2D eigenvalue weighted by atomic mass is 16.5. The van der Waals surface area contributed by atoms with Crippen molar-refractivity contribution in [1.29, 1.82) is 0 Å². The highest BCUT2D eigenvalue weighted by molar-refractivity contribution is 6.03. The summed E-state index contributed by atoms with van der Waals surface area (Å²) in [5, 5.41) is 12.1. The van der Waals surface area contributed by atoms with Crippen LogP contribution in [-0.4, -0.2) is 38.5 Å². The van der Waals surface area contributed by atoms with Crippen LogP contribution in [0.5, 0.6) is 5.75 Å². The molecule has 0 saturated heterocycles. The number of rotatable bonds is 8. The van der Waals surface area contributed by atoms with Crippen LogP contribution in [0.4, 0.5) is 5.69 Å². The smallest absolute Gasteiger partial charge is 0.337 e. The number of aromatic carboxylic acids is 1. The van der Waals surface area contributed by atoms with Crippen molar-refractivity contribution in [1.82, 2.24) is 15.0 Å². The van der Waals surface area contributed by atoms with Gasteiger partial charge in [-0.05, 0) is 48.9 Å². The summed E-state index contributed by atoms with van der Waals surface area (Å²) in [5.74, 6) is -0.786. The first kappa shape index (κ1) is 22.6. The van der Waals surface area contributed by atoms with E-state index in [0.29, 0.717) is 35.0 Å². The minimum Gasteiger partial charge on any atom is -0.493 e. The van der Waals surface area contributed by atoms with Crippen molar-refractivity contribution in [2.45, 2.75) is 13.3 Å². The average Bonchev–Trinajstić information content (AvgIpc) is 2.86. The second-order valence-electron chi connectivity index (χ2n) is 7.51. The maximum absolute atomic E-state index is 12.7. The summed E-state index contributed by atoms with van der Waals surface area (Å²) >= 11 is 0. The largest absolute Gasteiger partial charge is 0.493 e. The van der Waals surface area contributed by atoms with Crippen LogP contribution >= 0.6 is 0 Å². The van der Waals surface area contributed by atoms with Gasteiger partial charge in [0.2, 0.25) is 0 Å². The fourth-order valence-electron chi connectivity index (χ4n) is 3.29. The number of carbonyl (C=O) groups is 2. The molecule has 0 aliphatic rings. The first-order valence-electron chi connectivity index (χ1n) is 10.6. The fraction of sp³-hybridized carbons (Fsp3) is 0.115. The second kappa shape index (κ2) is 10.4. The van der Waals surface area contributed by atoms with E-state index in [-0.39, 0.29) is 11.3 Å². The normalized spacial score (nSPS) is 10.5. The van der Waals surface area contributed by atoms with Crippen LogP contribution in [0.25, 0.3) is 11.3 Å². The fourth-order valence-corrected chi connectivity index (χ4v) is 3.29. The van der Waals surface area contributed by atoms with Gasteiger partial charge in [0.15, 0.2) is 0 Å². The maximum Gasteiger partial charge on any atom is 0.337 e. The molecule has 8 nitrogen and oxygen atoms in total. The van der Waals surface area contributed by atoms with Gasteiger partial charge in [0.05, 0.1) is 23.6 Å². The topological polar surface area (TPSA) is 114 Å². The summed E-state index contributed by atoms with van der Waals surface area (Å²) in [6, 6.07) is 20.1. The van der Waals surface area contributed by atoms with Gasteiger partial charge in [-0.15, -0.1) is 0 Å². The number of aryl methyl sites for hydroxylation is 1.